The van der Waals surface area contributed by atoms with E-state index in [9.17, 15) is 23.1 Å². The van der Waals surface area contributed by atoms with Crippen LogP contribution in [0.15, 0.2) is 47.0 Å². The zero-order chi connectivity index (χ0) is 19.8. The topological polar surface area (TPSA) is 66.6 Å². The monoisotopic (exact) mass is 388 g/mol. The third-order valence-electron chi connectivity index (χ3n) is 4.87. The van der Waals surface area contributed by atoms with Crippen molar-refractivity contribution in [2.75, 3.05) is 13.1 Å². The first-order valence-corrected chi connectivity index (χ1v) is 8.63. The van der Waals surface area contributed by atoms with Gasteiger partial charge in [-0.1, -0.05) is 35.5 Å². The Morgan fingerprint density at radius 2 is 1.89 bits per heavy atom. The van der Waals surface area contributed by atoms with Crippen LogP contribution in [-0.2, 0) is 0 Å². The van der Waals surface area contributed by atoms with Crippen LogP contribution >= 0.6 is 0 Å². The summed E-state index contributed by atoms with van der Waals surface area (Å²) >= 11 is 0. The summed E-state index contributed by atoms with van der Waals surface area (Å²) in [5.74, 6) is -6.46. The Labute approximate surface area is 158 Å². The lowest BCUT2D eigenvalue weighted by Gasteiger charge is -2.15. The van der Waals surface area contributed by atoms with Gasteiger partial charge in [0.25, 0.3) is 5.91 Å². The minimum absolute atomic E-state index is 0.0765. The molecule has 0 aliphatic carbocycles. The number of hydrogen-bond acceptors (Lipinski definition) is 4. The first-order chi connectivity index (χ1) is 13.5. The molecule has 4 rings (SSSR count). The third kappa shape index (κ3) is 3.11. The second-order valence-electron chi connectivity index (χ2n) is 6.61. The minimum atomic E-state index is -1.69. The van der Waals surface area contributed by atoms with Crippen molar-refractivity contribution in [3.8, 4) is 17.1 Å². The van der Waals surface area contributed by atoms with Gasteiger partial charge in [-0.05, 0) is 18.1 Å². The highest BCUT2D eigenvalue weighted by molar-refractivity contribution is 5.93. The predicted molar refractivity (Wildman–Crippen MR) is 93.2 cm³/mol. The maximum absolute atomic E-state index is 14.0. The zero-order valence-electron chi connectivity index (χ0n) is 14.5. The van der Waals surface area contributed by atoms with Gasteiger partial charge in [0.1, 0.15) is 0 Å². The minimum Gasteiger partial charge on any atom is -0.503 e. The Bertz CT molecular complexity index is 1040. The molecule has 0 radical (unpaired) electrons. The van der Waals surface area contributed by atoms with E-state index in [1.165, 1.54) is 0 Å². The van der Waals surface area contributed by atoms with Crippen LogP contribution in [0.5, 0.6) is 5.75 Å². The molecule has 1 fully saturated rings. The number of aromatic nitrogens is 1. The van der Waals surface area contributed by atoms with Crippen molar-refractivity contribution in [3.05, 3.63) is 71.2 Å². The Balaban J connectivity index is 1.55. The van der Waals surface area contributed by atoms with Gasteiger partial charge in [0.15, 0.2) is 28.8 Å². The van der Waals surface area contributed by atoms with Gasteiger partial charge >= 0.3 is 0 Å². The van der Waals surface area contributed by atoms with E-state index in [1.807, 2.05) is 30.3 Å². The lowest BCUT2D eigenvalue weighted by Crippen LogP contribution is -2.28. The molecule has 0 unspecified atom stereocenters. The van der Waals surface area contributed by atoms with Crippen LogP contribution in [0.4, 0.5) is 13.2 Å². The van der Waals surface area contributed by atoms with Crippen LogP contribution in [0.2, 0.25) is 0 Å². The molecule has 0 spiro atoms. The number of amides is 1. The van der Waals surface area contributed by atoms with Crippen molar-refractivity contribution in [3.63, 3.8) is 0 Å². The van der Waals surface area contributed by atoms with Gasteiger partial charge in [0.05, 0.1) is 5.56 Å². The Hall–Kier alpha value is -3.29. The lowest BCUT2D eigenvalue weighted by molar-refractivity contribution is 0.0780. The van der Waals surface area contributed by atoms with E-state index in [2.05, 4.69) is 5.16 Å². The first kappa shape index (κ1) is 18.1. The highest BCUT2D eigenvalue weighted by Crippen LogP contribution is 2.33. The van der Waals surface area contributed by atoms with Crippen LogP contribution in [0.1, 0.15) is 28.4 Å². The summed E-state index contributed by atoms with van der Waals surface area (Å²) in [6.45, 7) is 1.03. The molecule has 2 heterocycles. The van der Waals surface area contributed by atoms with Crippen molar-refractivity contribution in [2.24, 2.45) is 0 Å². The molecular weight excluding hydrogens is 373 g/mol. The molecule has 1 aliphatic heterocycles. The molecule has 1 amide bonds. The van der Waals surface area contributed by atoms with E-state index < -0.39 is 34.7 Å². The number of aromatic hydroxyl groups is 1. The van der Waals surface area contributed by atoms with Gasteiger partial charge in [-0.15, -0.1) is 0 Å². The number of carbonyl (C=O) groups is 1. The smallest absolute Gasteiger partial charge is 0.276 e. The highest BCUT2D eigenvalue weighted by Gasteiger charge is 2.30. The molecular formula is C20H15F3N2O3. The number of halogens is 3. The fraction of sp³-hybridized carbons (Fsp3) is 0.200. The number of hydrogen-bond donors (Lipinski definition) is 1. The number of carbonyl (C=O) groups excluding carboxylic acids is 1. The molecule has 144 valence electrons. The van der Waals surface area contributed by atoms with Crippen molar-refractivity contribution >= 4 is 5.91 Å². The average molecular weight is 388 g/mol. The highest BCUT2D eigenvalue weighted by atomic mass is 19.2. The molecule has 1 aliphatic rings. The zero-order valence-corrected chi connectivity index (χ0v) is 14.5. The van der Waals surface area contributed by atoms with Crippen LogP contribution in [0, 0.1) is 17.5 Å². The molecule has 3 aromatic rings. The fourth-order valence-electron chi connectivity index (χ4n) is 3.38. The second-order valence-corrected chi connectivity index (χ2v) is 6.61. The maximum Gasteiger partial charge on any atom is 0.276 e. The SMILES string of the molecule is O=C(c1cc(-c2cc(F)c(F)c(O)c2F)on1)N1CC[C@H](c2ccccc2)C1. The van der Waals surface area contributed by atoms with Crippen LogP contribution < -0.4 is 0 Å². The third-order valence-corrected chi connectivity index (χ3v) is 4.87. The molecule has 1 N–H and O–H groups in total. The maximum atomic E-state index is 14.0. The summed E-state index contributed by atoms with van der Waals surface area (Å²) in [5, 5.41) is 13.0. The molecule has 28 heavy (non-hydrogen) atoms. The first-order valence-electron chi connectivity index (χ1n) is 8.63. The molecule has 1 atom stereocenters. The quantitative estimate of drug-likeness (QED) is 0.687. The Kier molecular flexibility index (Phi) is 4.54. The summed E-state index contributed by atoms with van der Waals surface area (Å²) in [6, 6.07) is 11.5. The summed E-state index contributed by atoms with van der Waals surface area (Å²) in [7, 11) is 0. The molecule has 8 heteroatoms. The van der Waals surface area contributed by atoms with E-state index in [-0.39, 0.29) is 17.4 Å². The van der Waals surface area contributed by atoms with Gasteiger partial charge in [0, 0.05) is 25.1 Å². The molecule has 0 saturated carbocycles. The summed E-state index contributed by atoms with van der Waals surface area (Å²) < 4.78 is 45.7. The normalized spacial score (nSPS) is 16.5. The number of benzene rings is 2. The van der Waals surface area contributed by atoms with E-state index >= 15 is 0 Å². The van der Waals surface area contributed by atoms with Crippen molar-refractivity contribution in [2.45, 2.75) is 12.3 Å². The van der Waals surface area contributed by atoms with Crippen LogP contribution in [-0.4, -0.2) is 34.2 Å². The molecule has 0 bridgehead atoms. The molecule has 2 aromatic carbocycles. The van der Waals surface area contributed by atoms with Gasteiger partial charge in [-0.2, -0.15) is 4.39 Å². The van der Waals surface area contributed by atoms with Crippen LogP contribution in [0.3, 0.4) is 0 Å². The Morgan fingerprint density at radius 1 is 1.14 bits per heavy atom. The fourth-order valence-corrected chi connectivity index (χ4v) is 3.38. The lowest BCUT2D eigenvalue weighted by atomic mass is 9.99. The van der Waals surface area contributed by atoms with Gasteiger partial charge in [0.2, 0.25) is 5.82 Å². The summed E-state index contributed by atoms with van der Waals surface area (Å²) in [4.78, 5) is 14.3. The summed E-state index contributed by atoms with van der Waals surface area (Å²) in [6.07, 6.45) is 0.798. The van der Waals surface area contributed by atoms with E-state index in [0.717, 1.165) is 18.1 Å². The standard InChI is InChI=1S/C20H15F3N2O3/c21-14-8-13(17(22)19(26)18(14)23)16-9-15(24-28-16)20(27)25-7-6-12(10-25)11-4-2-1-3-5-11/h1-5,8-9,12,26H,6-7,10H2/t12-/m0/s1. The number of nitrogens with zero attached hydrogens (tertiary/aromatic N) is 2. The molecule has 5 nitrogen and oxygen atoms in total. The van der Waals surface area contributed by atoms with Crippen molar-refractivity contribution in [1.29, 1.82) is 0 Å². The number of likely N-dealkylation sites (tertiary alicyclic amines) is 1. The van der Waals surface area contributed by atoms with Crippen molar-refractivity contribution in [1.82, 2.24) is 10.1 Å². The van der Waals surface area contributed by atoms with E-state index in [1.54, 1.807) is 4.90 Å². The number of phenols is 1. The number of rotatable bonds is 3. The summed E-state index contributed by atoms with van der Waals surface area (Å²) in [5.41, 5.74) is 0.539. The van der Waals surface area contributed by atoms with Crippen molar-refractivity contribution < 1.29 is 27.6 Å². The van der Waals surface area contributed by atoms with Crippen LogP contribution in [0.25, 0.3) is 11.3 Å². The van der Waals surface area contributed by atoms with Gasteiger partial charge < -0.3 is 14.5 Å². The largest absolute Gasteiger partial charge is 0.503 e. The average Bonchev–Trinajstić information content (AvgIpc) is 3.39. The Morgan fingerprint density at radius 3 is 2.64 bits per heavy atom. The molecule has 1 saturated heterocycles. The van der Waals surface area contributed by atoms with Gasteiger partial charge in [-0.3, -0.25) is 4.79 Å². The number of phenolic OH excluding ortho intramolecular Hbond substituents is 1. The van der Waals surface area contributed by atoms with Gasteiger partial charge in [-0.25, -0.2) is 8.78 Å². The van der Waals surface area contributed by atoms with E-state index in [0.29, 0.717) is 19.2 Å². The second kappa shape index (κ2) is 7.03. The van der Waals surface area contributed by atoms with E-state index in [4.69, 9.17) is 4.52 Å². The predicted octanol–water partition coefficient (Wildman–Crippen LogP) is 4.09. The molecule has 1 aromatic heterocycles.